The number of nitrogens with zero attached hydrogens (tertiary/aromatic N) is 3. The molecule has 2 heterocycles. The third kappa shape index (κ3) is 2.46. The molecule has 0 radical (unpaired) electrons. The second-order valence-electron chi connectivity index (χ2n) is 5.31. The topological polar surface area (TPSA) is 67.8 Å². The van der Waals surface area contributed by atoms with E-state index in [0.717, 1.165) is 24.1 Å². The summed E-state index contributed by atoms with van der Waals surface area (Å²) in [5.74, 6) is -0.154. The Bertz CT molecular complexity index is 835. The van der Waals surface area contributed by atoms with Gasteiger partial charge in [0.1, 0.15) is 0 Å². The summed E-state index contributed by atoms with van der Waals surface area (Å²) in [5.41, 5.74) is 3.22. The predicted molar refractivity (Wildman–Crippen MR) is 86.2 cm³/mol. The van der Waals surface area contributed by atoms with Gasteiger partial charge < -0.3 is 0 Å². The van der Waals surface area contributed by atoms with Crippen LogP contribution in [-0.4, -0.2) is 20.9 Å². The van der Waals surface area contributed by atoms with Crippen molar-refractivity contribution in [2.75, 3.05) is 5.32 Å². The Kier molecular flexibility index (Phi) is 3.31. The van der Waals surface area contributed by atoms with E-state index in [4.69, 9.17) is 0 Å². The van der Waals surface area contributed by atoms with E-state index in [1.54, 1.807) is 35.9 Å². The summed E-state index contributed by atoms with van der Waals surface area (Å²) in [7, 11) is 0. The first-order valence-electron chi connectivity index (χ1n) is 7.30. The maximum atomic E-state index is 12.4. The fraction of sp³-hybridized carbons (Fsp3) is 0.250. The quantitative estimate of drug-likeness (QED) is 0.789. The van der Waals surface area contributed by atoms with Crippen molar-refractivity contribution >= 4 is 33.4 Å². The number of amides is 1. The lowest BCUT2D eigenvalue weighted by atomic mass is 10.0. The largest absolute Gasteiger partial charge is 0.298 e. The minimum atomic E-state index is -0.154. The molecule has 3 aromatic rings. The molecule has 5 nitrogen and oxygen atoms in total. The highest BCUT2D eigenvalue weighted by Crippen LogP contribution is 2.29. The smallest absolute Gasteiger partial charge is 0.257 e. The molecular weight excluding hydrogens is 296 g/mol. The molecule has 0 aliphatic heterocycles. The average Bonchev–Trinajstić information content (AvgIpc) is 2.96. The van der Waals surface area contributed by atoms with E-state index in [-0.39, 0.29) is 5.91 Å². The highest BCUT2D eigenvalue weighted by atomic mass is 32.1. The number of hydrogen-bond acceptors (Lipinski definition) is 5. The van der Waals surface area contributed by atoms with Gasteiger partial charge in [0.05, 0.1) is 16.7 Å². The van der Waals surface area contributed by atoms with Crippen LogP contribution in [0.1, 0.15) is 33.8 Å². The molecule has 1 amide bonds. The summed E-state index contributed by atoms with van der Waals surface area (Å²) in [6, 6.07) is 5.33. The Balaban J connectivity index is 1.59. The molecule has 1 aromatic carbocycles. The number of carbonyl (C=O) groups excluding carboxylic acids is 1. The first-order chi connectivity index (χ1) is 10.8. The number of aromatic nitrogens is 3. The van der Waals surface area contributed by atoms with Crippen LogP contribution in [0.15, 0.2) is 30.6 Å². The molecule has 1 aliphatic rings. The number of fused-ring (bicyclic) bond motifs is 2. The molecule has 1 N–H and O–H groups in total. The zero-order valence-corrected chi connectivity index (χ0v) is 12.7. The predicted octanol–water partition coefficient (Wildman–Crippen LogP) is 3.22. The van der Waals surface area contributed by atoms with Crippen molar-refractivity contribution in [2.24, 2.45) is 0 Å². The van der Waals surface area contributed by atoms with E-state index in [0.29, 0.717) is 16.2 Å². The van der Waals surface area contributed by atoms with Gasteiger partial charge in [-0.2, -0.15) is 0 Å². The zero-order valence-electron chi connectivity index (χ0n) is 11.9. The van der Waals surface area contributed by atoms with Crippen molar-refractivity contribution in [3.05, 3.63) is 46.7 Å². The van der Waals surface area contributed by atoms with Gasteiger partial charge in [0.2, 0.25) is 0 Å². The molecule has 0 spiro atoms. The molecule has 0 fully saturated rings. The number of thiazole rings is 1. The molecule has 0 saturated heterocycles. The first-order valence-corrected chi connectivity index (χ1v) is 8.12. The average molecular weight is 310 g/mol. The lowest BCUT2D eigenvalue weighted by Gasteiger charge is -2.06. The molecule has 6 heteroatoms. The van der Waals surface area contributed by atoms with Crippen LogP contribution in [0.4, 0.5) is 5.13 Å². The molecule has 110 valence electrons. The number of aryl methyl sites for hydroxylation is 2. The Morgan fingerprint density at radius 1 is 1.09 bits per heavy atom. The third-order valence-corrected chi connectivity index (χ3v) is 4.87. The fourth-order valence-electron chi connectivity index (χ4n) is 2.68. The van der Waals surface area contributed by atoms with Crippen molar-refractivity contribution in [3.8, 4) is 0 Å². The summed E-state index contributed by atoms with van der Waals surface area (Å²) in [5, 5.41) is 3.59. The van der Waals surface area contributed by atoms with Crippen molar-refractivity contribution in [2.45, 2.75) is 25.7 Å². The Morgan fingerprint density at radius 3 is 2.77 bits per heavy atom. The number of nitrogens with one attached hydrogen (secondary N) is 1. The Hall–Kier alpha value is -2.34. The second-order valence-corrected chi connectivity index (χ2v) is 6.39. The molecule has 0 atom stereocenters. The number of hydrogen-bond donors (Lipinski definition) is 1. The molecule has 22 heavy (non-hydrogen) atoms. The van der Waals surface area contributed by atoms with Gasteiger partial charge in [-0.15, -0.1) is 11.3 Å². The standard InChI is InChI=1S/C16H14N4OS/c21-15(10-5-6-11-13(9-10)18-8-7-17-11)20-16-19-12-3-1-2-4-14(12)22-16/h5-9H,1-4H2,(H,19,20,21). The van der Waals surface area contributed by atoms with E-state index in [9.17, 15) is 4.79 Å². The SMILES string of the molecule is O=C(Nc1nc2c(s1)CCCC2)c1ccc2nccnc2c1. The van der Waals surface area contributed by atoms with E-state index in [1.165, 1.54) is 17.7 Å². The molecule has 2 aromatic heterocycles. The third-order valence-electron chi connectivity index (χ3n) is 3.80. The van der Waals surface area contributed by atoms with Crippen LogP contribution >= 0.6 is 11.3 Å². The molecule has 4 rings (SSSR count). The molecule has 0 bridgehead atoms. The van der Waals surface area contributed by atoms with E-state index >= 15 is 0 Å². The maximum Gasteiger partial charge on any atom is 0.257 e. The first kappa shape index (κ1) is 13.3. The summed E-state index contributed by atoms with van der Waals surface area (Å²) >= 11 is 1.59. The molecule has 0 saturated carbocycles. The highest BCUT2D eigenvalue weighted by Gasteiger charge is 2.17. The lowest BCUT2D eigenvalue weighted by Crippen LogP contribution is -2.11. The number of anilines is 1. The summed E-state index contributed by atoms with van der Waals surface area (Å²) in [6.45, 7) is 0. The Labute approximate surface area is 131 Å². The van der Waals surface area contributed by atoms with Crippen molar-refractivity contribution in [1.82, 2.24) is 15.0 Å². The van der Waals surface area contributed by atoms with Gasteiger partial charge in [0.15, 0.2) is 5.13 Å². The van der Waals surface area contributed by atoms with Gasteiger partial charge >= 0.3 is 0 Å². The van der Waals surface area contributed by atoms with Crippen molar-refractivity contribution in [1.29, 1.82) is 0 Å². The van der Waals surface area contributed by atoms with Gasteiger partial charge in [-0.1, -0.05) is 0 Å². The van der Waals surface area contributed by atoms with Gasteiger partial charge in [-0.25, -0.2) is 4.98 Å². The Morgan fingerprint density at radius 2 is 1.91 bits per heavy atom. The zero-order chi connectivity index (χ0) is 14.9. The lowest BCUT2D eigenvalue weighted by molar-refractivity contribution is 0.102. The van der Waals surface area contributed by atoms with Crippen LogP contribution in [0.5, 0.6) is 0 Å². The van der Waals surface area contributed by atoms with E-state index in [2.05, 4.69) is 20.3 Å². The summed E-state index contributed by atoms with van der Waals surface area (Å²) < 4.78 is 0. The van der Waals surface area contributed by atoms with Crippen LogP contribution in [-0.2, 0) is 12.8 Å². The minimum Gasteiger partial charge on any atom is -0.298 e. The van der Waals surface area contributed by atoms with E-state index in [1.807, 2.05) is 6.07 Å². The number of rotatable bonds is 2. The molecular formula is C16H14N4OS. The van der Waals surface area contributed by atoms with Gasteiger partial charge in [-0.05, 0) is 43.9 Å². The number of carbonyl (C=O) groups is 1. The minimum absolute atomic E-state index is 0.154. The maximum absolute atomic E-state index is 12.4. The van der Waals surface area contributed by atoms with Crippen LogP contribution in [0.25, 0.3) is 11.0 Å². The number of benzene rings is 1. The highest BCUT2D eigenvalue weighted by molar-refractivity contribution is 7.15. The van der Waals surface area contributed by atoms with Crippen LogP contribution < -0.4 is 5.32 Å². The van der Waals surface area contributed by atoms with Crippen molar-refractivity contribution < 1.29 is 4.79 Å². The molecule has 0 unspecified atom stereocenters. The van der Waals surface area contributed by atoms with Gasteiger partial charge in [0, 0.05) is 22.8 Å². The fourth-order valence-corrected chi connectivity index (χ4v) is 3.72. The second kappa shape index (κ2) is 5.46. The summed E-state index contributed by atoms with van der Waals surface area (Å²) in [4.78, 5) is 26.7. The summed E-state index contributed by atoms with van der Waals surface area (Å²) in [6.07, 6.45) is 7.77. The van der Waals surface area contributed by atoms with Gasteiger partial charge in [-0.3, -0.25) is 20.1 Å². The van der Waals surface area contributed by atoms with Crippen molar-refractivity contribution in [3.63, 3.8) is 0 Å². The monoisotopic (exact) mass is 310 g/mol. The van der Waals surface area contributed by atoms with E-state index < -0.39 is 0 Å². The molecule has 1 aliphatic carbocycles. The van der Waals surface area contributed by atoms with Crippen LogP contribution in [0.3, 0.4) is 0 Å². The normalized spacial score (nSPS) is 13.8. The van der Waals surface area contributed by atoms with Crippen LogP contribution in [0.2, 0.25) is 0 Å². The van der Waals surface area contributed by atoms with Crippen LogP contribution in [0, 0.1) is 0 Å². The van der Waals surface area contributed by atoms with Gasteiger partial charge in [0.25, 0.3) is 5.91 Å².